The van der Waals surface area contributed by atoms with Crippen LogP contribution in [0.3, 0.4) is 0 Å². The van der Waals surface area contributed by atoms with Crippen molar-refractivity contribution in [3.8, 4) is 11.4 Å². The van der Waals surface area contributed by atoms with Gasteiger partial charge in [-0.2, -0.15) is 0 Å². The van der Waals surface area contributed by atoms with E-state index in [1.54, 1.807) is 47.7 Å². The number of aryl methyl sites for hydroxylation is 1. The van der Waals surface area contributed by atoms with Crippen LogP contribution in [0.4, 0.5) is 10.2 Å². The highest BCUT2D eigenvalue weighted by Crippen LogP contribution is 2.32. The van der Waals surface area contributed by atoms with Crippen molar-refractivity contribution in [2.45, 2.75) is 13.5 Å². The summed E-state index contributed by atoms with van der Waals surface area (Å²) >= 11 is 1.56. The van der Waals surface area contributed by atoms with E-state index in [-0.39, 0.29) is 11.8 Å². The Morgan fingerprint density at radius 3 is 2.52 bits per heavy atom. The van der Waals surface area contributed by atoms with Crippen LogP contribution in [0.25, 0.3) is 21.6 Å². The summed E-state index contributed by atoms with van der Waals surface area (Å²) in [4.78, 5) is 21.9. The molecule has 0 atom stereocenters. The van der Waals surface area contributed by atoms with Crippen molar-refractivity contribution in [3.63, 3.8) is 0 Å². The Morgan fingerprint density at radius 1 is 1.10 bits per heavy atom. The highest BCUT2D eigenvalue weighted by Gasteiger charge is 2.14. The van der Waals surface area contributed by atoms with Gasteiger partial charge in [-0.1, -0.05) is 24.3 Å². The van der Waals surface area contributed by atoms with Gasteiger partial charge in [-0.3, -0.25) is 0 Å². The van der Waals surface area contributed by atoms with Gasteiger partial charge in [0.1, 0.15) is 16.5 Å². The van der Waals surface area contributed by atoms with Gasteiger partial charge in [0.05, 0.1) is 18.1 Å². The van der Waals surface area contributed by atoms with Crippen molar-refractivity contribution in [1.29, 1.82) is 0 Å². The third-order valence-electron chi connectivity index (χ3n) is 4.55. The lowest BCUT2D eigenvalue weighted by atomic mass is 10.1. The van der Waals surface area contributed by atoms with E-state index in [1.807, 2.05) is 12.3 Å². The number of halogens is 1. The van der Waals surface area contributed by atoms with Gasteiger partial charge in [-0.25, -0.2) is 19.2 Å². The van der Waals surface area contributed by atoms with Crippen LogP contribution < -0.4 is 5.32 Å². The predicted molar refractivity (Wildman–Crippen MR) is 113 cm³/mol. The van der Waals surface area contributed by atoms with Crippen molar-refractivity contribution in [2.75, 3.05) is 12.4 Å². The lowest BCUT2D eigenvalue weighted by molar-refractivity contribution is 0.0600. The smallest absolute Gasteiger partial charge is 0.337 e. The molecule has 0 radical (unpaired) electrons. The molecule has 7 heteroatoms. The lowest BCUT2D eigenvalue weighted by Crippen LogP contribution is -2.04. The largest absolute Gasteiger partial charge is 0.465 e. The molecule has 0 amide bonds. The standard InChI is InChI=1S/C22H18FN3O2S/c1-13-12-29-21-18(13)20(24-11-14-3-9-17(23)10-4-14)25-19(26-21)15-5-7-16(8-6-15)22(27)28-2/h3-10,12H,11H2,1-2H3,(H,24,25,26). The molecule has 2 aromatic carbocycles. The Kier molecular flexibility index (Phi) is 5.22. The Bertz CT molecular complexity index is 1170. The summed E-state index contributed by atoms with van der Waals surface area (Å²) < 4.78 is 17.9. The second-order valence-electron chi connectivity index (χ2n) is 6.54. The van der Waals surface area contributed by atoms with E-state index in [0.717, 1.165) is 32.7 Å². The van der Waals surface area contributed by atoms with Gasteiger partial charge in [-0.05, 0) is 47.7 Å². The molecular formula is C22H18FN3O2S. The number of carbonyl (C=O) groups is 1. The van der Waals surface area contributed by atoms with Crippen LogP contribution in [-0.4, -0.2) is 23.0 Å². The van der Waals surface area contributed by atoms with Gasteiger partial charge in [0.25, 0.3) is 0 Å². The van der Waals surface area contributed by atoms with E-state index in [0.29, 0.717) is 17.9 Å². The van der Waals surface area contributed by atoms with Crippen LogP contribution in [0, 0.1) is 12.7 Å². The monoisotopic (exact) mass is 407 g/mol. The molecule has 4 aromatic rings. The van der Waals surface area contributed by atoms with Gasteiger partial charge >= 0.3 is 5.97 Å². The van der Waals surface area contributed by atoms with E-state index in [9.17, 15) is 9.18 Å². The molecule has 5 nitrogen and oxygen atoms in total. The zero-order valence-corrected chi connectivity index (χ0v) is 16.7. The van der Waals surface area contributed by atoms with Crippen molar-refractivity contribution >= 4 is 33.3 Å². The second kappa shape index (κ2) is 7.97. The maximum atomic E-state index is 13.1. The number of carbonyl (C=O) groups excluding carboxylic acids is 1. The Morgan fingerprint density at radius 2 is 1.83 bits per heavy atom. The number of methoxy groups -OCH3 is 1. The SMILES string of the molecule is COC(=O)c1ccc(-c2nc(NCc3ccc(F)cc3)c3c(C)csc3n2)cc1. The van der Waals surface area contributed by atoms with Gasteiger partial charge in [0, 0.05) is 12.1 Å². The summed E-state index contributed by atoms with van der Waals surface area (Å²) in [6.45, 7) is 2.54. The first-order chi connectivity index (χ1) is 14.0. The molecule has 1 N–H and O–H groups in total. The van der Waals surface area contributed by atoms with Gasteiger partial charge < -0.3 is 10.1 Å². The maximum Gasteiger partial charge on any atom is 0.337 e. The molecule has 0 aliphatic heterocycles. The summed E-state index contributed by atoms with van der Waals surface area (Å²) in [6.07, 6.45) is 0. The quantitative estimate of drug-likeness (QED) is 0.461. The molecule has 0 saturated heterocycles. The fraction of sp³-hybridized carbons (Fsp3) is 0.136. The summed E-state index contributed by atoms with van der Waals surface area (Å²) in [5, 5.41) is 6.39. The van der Waals surface area contributed by atoms with Crippen molar-refractivity contribution < 1.29 is 13.9 Å². The lowest BCUT2D eigenvalue weighted by Gasteiger charge is -2.10. The number of rotatable bonds is 5. The van der Waals surface area contributed by atoms with Crippen LogP contribution >= 0.6 is 11.3 Å². The van der Waals surface area contributed by atoms with Crippen LogP contribution in [0.1, 0.15) is 21.5 Å². The minimum atomic E-state index is -0.386. The molecule has 2 aromatic heterocycles. The Hall–Kier alpha value is -3.32. The van der Waals surface area contributed by atoms with Crippen LogP contribution in [0.2, 0.25) is 0 Å². The highest BCUT2D eigenvalue weighted by molar-refractivity contribution is 7.17. The average molecular weight is 407 g/mol. The third-order valence-corrected chi connectivity index (χ3v) is 5.54. The number of thiophene rings is 1. The molecule has 0 aliphatic rings. The minimum absolute atomic E-state index is 0.260. The van der Waals surface area contributed by atoms with E-state index in [2.05, 4.69) is 10.3 Å². The molecule has 2 heterocycles. The molecular weight excluding hydrogens is 389 g/mol. The van der Waals surface area contributed by atoms with Crippen molar-refractivity contribution in [1.82, 2.24) is 9.97 Å². The highest BCUT2D eigenvalue weighted by atomic mass is 32.1. The predicted octanol–water partition coefficient (Wildman–Crippen LogP) is 5.20. The topological polar surface area (TPSA) is 64.1 Å². The molecule has 146 valence electrons. The van der Waals surface area contributed by atoms with Crippen LogP contribution in [0.5, 0.6) is 0 Å². The zero-order chi connectivity index (χ0) is 20.4. The Labute approximate surface area is 171 Å². The normalized spacial score (nSPS) is 10.9. The van der Waals surface area contributed by atoms with Crippen molar-refractivity contribution in [2.24, 2.45) is 0 Å². The summed E-state index contributed by atoms with van der Waals surface area (Å²) in [5.74, 6) is 0.649. The number of benzene rings is 2. The number of aromatic nitrogens is 2. The molecule has 0 fully saturated rings. The molecule has 29 heavy (non-hydrogen) atoms. The van der Waals surface area contributed by atoms with Crippen LogP contribution in [0.15, 0.2) is 53.9 Å². The molecule has 0 bridgehead atoms. The van der Waals surface area contributed by atoms with E-state index >= 15 is 0 Å². The summed E-state index contributed by atoms with van der Waals surface area (Å²) in [6, 6.07) is 13.4. The number of fused-ring (bicyclic) bond motifs is 1. The fourth-order valence-corrected chi connectivity index (χ4v) is 3.92. The molecule has 0 saturated carbocycles. The first-order valence-corrected chi connectivity index (χ1v) is 9.86. The number of hydrogen-bond donors (Lipinski definition) is 1. The van der Waals surface area contributed by atoms with Gasteiger partial charge in [-0.15, -0.1) is 11.3 Å². The number of anilines is 1. The molecule has 0 spiro atoms. The van der Waals surface area contributed by atoms with Crippen LogP contribution in [-0.2, 0) is 11.3 Å². The second-order valence-corrected chi connectivity index (χ2v) is 7.40. The Balaban J connectivity index is 1.69. The average Bonchev–Trinajstić information content (AvgIpc) is 3.13. The number of hydrogen-bond acceptors (Lipinski definition) is 6. The number of nitrogens with one attached hydrogen (secondary N) is 1. The van der Waals surface area contributed by atoms with Gasteiger partial charge in [0.2, 0.25) is 0 Å². The fourth-order valence-electron chi connectivity index (χ4n) is 3.00. The zero-order valence-electron chi connectivity index (χ0n) is 15.9. The number of nitrogens with zero attached hydrogens (tertiary/aromatic N) is 2. The van der Waals surface area contributed by atoms with E-state index in [4.69, 9.17) is 9.72 Å². The van der Waals surface area contributed by atoms with E-state index in [1.165, 1.54) is 19.2 Å². The first kappa shape index (κ1) is 19.0. The van der Waals surface area contributed by atoms with Gasteiger partial charge in [0.15, 0.2) is 5.82 Å². The number of esters is 1. The minimum Gasteiger partial charge on any atom is -0.465 e. The van der Waals surface area contributed by atoms with E-state index < -0.39 is 0 Å². The first-order valence-electron chi connectivity index (χ1n) is 8.98. The summed E-state index contributed by atoms with van der Waals surface area (Å²) in [7, 11) is 1.35. The third kappa shape index (κ3) is 3.95. The molecule has 0 unspecified atom stereocenters. The van der Waals surface area contributed by atoms with Crippen molar-refractivity contribution in [3.05, 3.63) is 76.4 Å². The molecule has 4 rings (SSSR count). The maximum absolute atomic E-state index is 13.1. The molecule has 0 aliphatic carbocycles. The summed E-state index contributed by atoms with van der Waals surface area (Å²) in [5.41, 5.74) is 3.32. The number of ether oxygens (including phenoxy) is 1.